The van der Waals surface area contributed by atoms with Crippen LogP contribution >= 0.6 is 0 Å². The van der Waals surface area contributed by atoms with E-state index in [0.717, 1.165) is 27.3 Å². The van der Waals surface area contributed by atoms with E-state index in [4.69, 9.17) is 0 Å². The predicted octanol–water partition coefficient (Wildman–Crippen LogP) is 5.15. The van der Waals surface area contributed by atoms with Crippen molar-refractivity contribution >= 4 is 22.6 Å². The maximum absolute atomic E-state index is 12.1. The van der Waals surface area contributed by atoms with Gasteiger partial charge in [-0.1, -0.05) is 48.5 Å². The molecule has 0 radical (unpaired) electrons. The molecule has 1 heterocycles. The summed E-state index contributed by atoms with van der Waals surface area (Å²) < 4.78 is 12.1. The highest BCUT2D eigenvalue weighted by atomic mass is 32.2. The van der Waals surface area contributed by atoms with Crippen molar-refractivity contribution in [3.63, 3.8) is 0 Å². The van der Waals surface area contributed by atoms with E-state index in [0.29, 0.717) is 0 Å². The average Bonchev–Trinajstić information content (AvgIpc) is 2.80. The van der Waals surface area contributed by atoms with E-state index >= 15 is 0 Å². The third-order valence-corrected chi connectivity index (χ3v) is 5.26. The van der Waals surface area contributed by atoms with Crippen molar-refractivity contribution in [2.24, 2.45) is 0 Å². The van der Waals surface area contributed by atoms with E-state index < -0.39 is 10.8 Å². The Hall–Kier alpha value is -2.65. The number of rotatable bonds is 2. The normalized spacial score (nSPS) is 13.4. The van der Waals surface area contributed by atoms with E-state index in [1.54, 1.807) is 6.26 Å². The Labute approximate surface area is 144 Å². The second-order valence-corrected chi connectivity index (χ2v) is 7.12. The Morgan fingerprint density at radius 1 is 0.833 bits per heavy atom. The summed E-state index contributed by atoms with van der Waals surface area (Å²) in [7, 11) is -1.02. The van der Waals surface area contributed by atoms with Crippen molar-refractivity contribution in [1.82, 2.24) is 0 Å². The van der Waals surface area contributed by atoms with Crippen LogP contribution < -0.4 is 5.32 Å². The number of hydrogen-bond acceptors (Lipinski definition) is 2. The molecule has 0 spiro atoms. The predicted molar refractivity (Wildman–Crippen MR) is 102 cm³/mol. The first-order chi connectivity index (χ1) is 11.7. The molecule has 0 aromatic heterocycles. The van der Waals surface area contributed by atoms with Gasteiger partial charge in [0, 0.05) is 28.6 Å². The fraction of sp³-hybridized carbons (Fsp3) is 0.0476. The van der Waals surface area contributed by atoms with Crippen molar-refractivity contribution in [2.45, 2.75) is 4.90 Å². The van der Waals surface area contributed by atoms with Gasteiger partial charge in [0.1, 0.15) is 0 Å². The third-order valence-electron chi connectivity index (χ3n) is 4.28. The Bertz CT molecular complexity index is 975. The SMILES string of the molecule is CS(=O)c1ccccc1-c1ccc2c(c1)-c1ccccc1C=CN2. The first kappa shape index (κ1) is 14.9. The van der Waals surface area contributed by atoms with Crippen molar-refractivity contribution < 1.29 is 4.21 Å². The minimum atomic E-state index is -1.02. The van der Waals surface area contributed by atoms with Gasteiger partial charge in [0.2, 0.25) is 0 Å². The van der Waals surface area contributed by atoms with Crippen LogP contribution in [0.1, 0.15) is 5.56 Å². The summed E-state index contributed by atoms with van der Waals surface area (Å²) in [6, 6.07) is 22.6. The Morgan fingerprint density at radius 3 is 2.42 bits per heavy atom. The first-order valence-corrected chi connectivity index (χ1v) is 9.39. The molecule has 0 aliphatic carbocycles. The van der Waals surface area contributed by atoms with Crippen LogP contribution in [0.3, 0.4) is 0 Å². The maximum atomic E-state index is 12.1. The molecule has 118 valence electrons. The third kappa shape index (κ3) is 2.57. The zero-order valence-corrected chi connectivity index (χ0v) is 14.1. The van der Waals surface area contributed by atoms with Gasteiger partial charge in [0.15, 0.2) is 0 Å². The number of nitrogens with one attached hydrogen (secondary N) is 1. The first-order valence-electron chi connectivity index (χ1n) is 7.83. The van der Waals surface area contributed by atoms with E-state index in [1.165, 1.54) is 11.1 Å². The van der Waals surface area contributed by atoms with Gasteiger partial charge in [-0.25, -0.2) is 0 Å². The standard InChI is InChI=1S/C21H17NOS/c1-24(23)21-9-5-4-8-18(21)16-10-11-20-19(14-16)17-7-3-2-6-15(17)12-13-22-20/h2-14,22H,1H3. The monoisotopic (exact) mass is 331 g/mol. The maximum Gasteiger partial charge on any atom is 0.0504 e. The fourth-order valence-corrected chi connectivity index (χ4v) is 3.89. The average molecular weight is 331 g/mol. The lowest BCUT2D eigenvalue weighted by atomic mass is 9.95. The van der Waals surface area contributed by atoms with Gasteiger partial charge in [-0.05, 0) is 46.5 Å². The molecule has 0 fully saturated rings. The summed E-state index contributed by atoms with van der Waals surface area (Å²) in [6.07, 6.45) is 5.78. The number of anilines is 1. The summed E-state index contributed by atoms with van der Waals surface area (Å²) in [5.41, 5.74) is 6.73. The molecular formula is C21H17NOS. The van der Waals surface area contributed by atoms with Crippen LogP contribution in [0.2, 0.25) is 0 Å². The number of fused-ring (bicyclic) bond motifs is 3. The van der Waals surface area contributed by atoms with Crippen molar-refractivity contribution in [3.8, 4) is 22.3 Å². The zero-order valence-electron chi connectivity index (χ0n) is 13.3. The molecule has 3 heteroatoms. The van der Waals surface area contributed by atoms with Crippen LogP contribution in [-0.2, 0) is 10.8 Å². The largest absolute Gasteiger partial charge is 0.361 e. The van der Waals surface area contributed by atoms with Crippen molar-refractivity contribution in [3.05, 3.63) is 78.5 Å². The van der Waals surface area contributed by atoms with Crippen LogP contribution in [0.4, 0.5) is 5.69 Å². The number of hydrogen-bond donors (Lipinski definition) is 1. The molecule has 2 nitrogen and oxygen atoms in total. The lowest BCUT2D eigenvalue weighted by molar-refractivity contribution is 0.687. The van der Waals surface area contributed by atoms with Crippen molar-refractivity contribution in [1.29, 1.82) is 0 Å². The quantitative estimate of drug-likeness (QED) is 0.703. The van der Waals surface area contributed by atoms with Gasteiger partial charge in [0.25, 0.3) is 0 Å². The Balaban J connectivity index is 1.93. The summed E-state index contributed by atoms with van der Waals surface area (Å²) in [5, 5.41) is 3.35. The molecule has 1 aliphatic heterocycles. The molecule has 0 amide bonds. The Morgan fingerprint density at radius 2 is 1.58 bits per heavy atom. The van der Waals surface area contributed by atoms with Gasteiger partial charge in [-0.2, -0.15) is 0 Å². The topological polar surface area (TPSA) is 29.1 Å². The fourth-order valence-electron chi connectivity index (χ4n) is 3.13. The summed E-state index contributed by atoms with van der Waals surface area (Å²) in [5.74, 6) is 0. The van der Waals surface area contributed by atoms with Gasteiger partial charge >= 0.3 is 0 Å². The van der Waals surface area contributed by atoms with Gasteiger partial charge < -0.3 is 5.32 Å². The molecule has 3 aromatic carbocycles. The van der Waals surface area contributed by atoms with Crippen LogP contribution in [0.25, 0.3) is 28.3 Å². The lowest BCUT2D eigenvalue weighted by Crippen LogP contribution is -1.94. The second-order valence-electron chi connectivity index (χ2n) is 5.78. The molecule has 1 unspecified atom stereocenters. The molecule has 3 aromatic rings. The summed E-state index contributed by atoms with van der Waals surface area (Å²) in [4.78, 5) is 0.866. The minimum Gasteiger partial charge on any atom is -0.361 e. The van der Waals surface area contributed by atoms with E-state index in [2.05, 4.69) is 47.8 Å². The van der Waals surface area contributed by atoms with Crippen LogP contribution in [0, 0.1) is 0 Å². The zero-order chi connectivity index (χ0) is 16.5. The van der Waals surface area contributed by atoms with Crippen molar-refractivity contribution in [2.75, 3.05) is 11.6 Å². The molecule has 1 atom stereocenters. The number of benzene rings is 3. The molecule has 1 aliphatic rings. The molecular weight excluding hydrogens is 314 g/mol. The summed E-state index contributed by atoms with van der Waals surface area (Å²) in [6.45, 7) is 0. The van der Waals surface area contributed by atoms with Crippen LogP contribution in [-0.4, -0.2) is 10.5 Å². The molecule has 4 rings (SSSR count). The molecule has 1 N–H and O–H groups in total. The highest BCUT2D eigenvalue weighted by Gasteiger charge is 2.14. The Kier molecular flexibility index (Phi) is 3.79. The molecule has 0 bridgehead atoms. The van der Waals surface area contributed by atoms with Gasteiger partial charge in [-0.3, -0.25) is 4.21 Å². The molecule has 0 saturated carbocycles. The second kappa shape index (κ2) is 6.10. The van der Waals surface area contributed by atoms with E-state index in [1.807, 2.05) is 36.5 Å². The highest BCUT2D eigenvalue weighted by Crippen LogP contribution is 2.37. The molecule has 0 saturated heterocycles. The van der Waals surface area contributed by atoms with Gasteiger partial charge in [0.05, 0.1) is 10.8 Å². The minimum absolute atomic E-state index is 0.866. The van der Waals surface area contributed by atoms with Gasteiger partial charge in [-0.15, -0.1) is 0 Å². The van der Waals surface area contributed by atoms with E-state index in [-0.39, 0.29) is 0 Å². The lowest BCUT2D eigenvalue weighted by Gasteiger charge is -2.13. The van der Waals surface area contributed by atoms with E-state index in [9.17, 15) is 4.21 Å². The smallest absolute Gasteiger partial charge is 0.0504 e. The van der Waals surface area contributed by atoms with Crippen LogP contribution in [0.15, 0.2) is 77.8 Å². The van der Waals surface area contributed by atoms with Crippen LogP contribution in [0.5, 0.6) is 0 Å². The summed E-state index contributed by atoms with van der Waals surface area (Å²) >= 11 is 0. The highest BCUT2D eigenvalue weighted by molar-refractivity contribution is 7.84. The molecule has 24 heavy (non-hydrogen) atoms.